The van der Waals surface area contributed by atoms with Gasteiger partial charge in [-0.25, -0.2) is 19.6 Å². The van der Waals surface area contributed by atoms with Crippen molar-refractivity contribution in [2.75, 3.05) is 37.0 Å². The third-order valence-corrected chi connectivity index (χ3v) is 9.14. The summed E-state index contributed by atoms with van der Waals surface area (Å²) in [6.45, 7) is 9.16. The summed E-state index contributed by atoms with van der Waals surface area (Å²) in [6, 6.07) is 3.53. The lowest BCUT2D eigenvalue weighted by Gasteiger charge is -2.30. The summed E-state index contributed by atoms with van der Waals surface area (Å²) in [4.78, 5) is 31.8. The molecule has 4 aromatic rings. The van der Waals surface area contributed by atoms with Crippen LogP contribution in [0.2, 0.25) is 0 Å². The van der Waals surface area contributed by atoms with Crippen LogP contribution in [0.3, 0.4) is 0 Å². The van der Waals surface area contributed by atoms with Crippen LogP contribution in [0.1, 0.15) is 84.8 Å². The largest absolute Gasteiger partial charge is 0.416 e. The van der Waals surface area contributed by atoms with Crippen LogP contribution in [0.25, 0.3) is 11.0 Å². The molecule has 0 aliphatic heterocycles. The van der Waals surface area contributed by atoms with Crippen LogP contribution >= 0.6 is 0 Å². The molecule has 2 aliphatic carbocycles. The van der Waals surface area contributed by atoms with E-state index in [1.54, 1.807) is 14.1 Å². The first-order chi connectivity index (χ1) is 23.8. The van der Waals surface area contributed by atoms with Crippen LogP contribution in [-0.2, 0) is 31.0 Å². The molecule has 1 amide bonds. The summed E-state index contributed by atoms with van der Waals surface area (Å²) in [5, 5.41) is 5.59. The van der Waals surface area contributed by atoms with E-state index in [9.17, 15) is 31.1 Å². The van der Waals surface area contributed by atoms with E-state index in [0.29, 0.717) is 28.9 Å². The number of amides is 1. The minimum absolute atomic E-state index is 0.00279. The Kier molecular flexibility index (Phi) is 9.47. The van der Waals surface area contributed by atoms with Crippen LogP contribution in [0.15, 0.2) is 36.7 Å². The quantitative estimate of drug-likeness (QED) is 0.146. The molecule has 9 nitrogen and oxygen atoms in total. The standard InChI is InChI=1S/C36H42F6N8O/c1-21-29-13-25(30(45-31(29)50(46-21)34(2,3)4)48(17-22-7-8-22)18-23-9-10-23)20-49(33-43-15-26(16-44-33)32(51)47(5)6)19-24-11-27(35(37,38)39)14-28(12-24)36(40,41)42/h11-16,22-23H,7-10,17-20H2,1-6H3. The van der Waals surface area contributed by atoms with Gasteiger partial charge in [-0.2, -0.15) is 31.4 Å². The highest BCUT2D eigenvalue weighted by molar-refractivity contribution is 5.93. The number of hydrogen-bond acceptors (Lipinski definition) is 7. The molecule has 2 aliphatic rings. The summed E-state index contributed by atoms with van der Waals surface area (Å²) in [6.07, 6.45) is -3.00. The number of alkyl halides is 6. The van der Waals surface area contributed by atoms with Crippen LogP contribution in [0.4, 0.5) is 38.1 Å². The van der Waals surface area contributed by atoms with Gasteiger partial charge in [-0.05, 0) is 95.0 Å². The molecule has 1 aromatic carbocycles. The van der Waals surface area contributed by atoms with Crippen LogP contribution in [0, 0.1) is 18.8 Å². The normalized spacial score (nSPS) is 15.4. The van der Waals surface area contributed by atoms with Crippen molar-refractivity contribution >= 4 is 28.7 Å². The number of hydrogen-bond donors (Lipinski definition) is 0. The summed E-state index contributed by atoms with van der Waals surface area (Å²) in [5.41, 5.74) is -1.12. The molecule has 0 unspecified atom stereocenters. The molecule has 2 fully saturated rings. The second-order valence-electron chi connectivity index (χ2n) is 15.0. The molecule has 3 heterocycles. The summed E-state index contributed by atoms with van der Waals surface area (Å²) in [5.74, 6) is 1.38. The molecular formula is C36H42F6N8O. The molecule has 0 spiro atoms. The molecule has 0 bridgehead atoms. The maximum Gasteiger partial charge on any atom is 0.416 e. The van der Waals surface area contributed by atoms with Crippen molar-refractivity contribution in [3.63, 3.8) is 0 Å². The number of aryl methyl sites for hydroxylation is 1. The Labute approximate surface area is 292 Å². The highest BCUT2D eigenvalue weighted by atomic mass is 19.4. The lowest BCUT2D eigenvalue weighted by molar-refractivity contribution is -0.143. The number of aromatic nitrogens is 5. The van der Waals surface area contributed by atoms with E-state index in [1.807, 2.05) is 38.4 Å². The van der Waals surface area contributed by atoms with Gasteiger partial charge in [0.2, 0.25) is 5.95 Å². The zero-order chi connectivity index (χ0) is 37.0. The SMILES string of the molecule is Cc1nn(C(C)(C)C)c2nc(N(CC3CC3)CC3CC3)c(CN(Cc3cc(C(F)(F)F)cc(C(F)(F)F)c3)c3ncc(C(=O)N(C)C)cn3)cc12. The van der Waals surface area contributed by atoms with Gasteiger partial charge in [-0.1, -0.05) is 0 Å². The van der Waals surface area contributed by atoms with Crippen molar-refractivity contribution < 1.29 is 31.1 Å². The van der Waals surface area contributed by atoms with Crippen molar-refractivity contribution in [1.29, 1.82) is 0 Å². The minimum atomic E-state index is -5.01. The molecule has 15 heteroatoms. The number of fused-ring (bicyclic) bond motifs is 1. The van der Waals surface area contributed by atoms with Crippen molar-refractivity contribution in [3.8, 4) is 0 Å². The number of carbonyl (C=O) groups excluding carboxylic acids is 1. The zero-order valence-corrected chi connectivity index (χ0v) is 29.5. The number of anilines is 2. The second-order valence-corrected chi connectivity index (χ2v) is 15.0. The van der Waals surface area contributed by atoms with E-state index in [2.05, 4.69) is 14.9 Å². The third-order valence-electron chi connectivity index (χ3n) is 9.14. The average Bonchev–Trinajstić information content (AvgIpc) is 3.99. The molecule has 51 heavy (non-hydrogen) atoms. The number of carbonyl (C=O) groups is 1. The fraction of sp³-hybridized carbons (Fsp3) is 0.528. The molecule has 3 aromatic heterocycles. The van der Waals surface area contributed by atoms with Crippen molar-refractivity contribution in [3.05, 3.63) is 70.2 Å². The van der Waals surface area contributed by atoms with Gasteiger partial charge in [0.25, 0.3) is 5.91 Å². The number of rotatable bonds is 11. The Morgan fingerprint density at radius 2 is 1.37 bits per heavy atom. The molecule has 6 rings (SSSR count). The molecule has 0 atom stereocenters. The topological polar surface area (TPSA) is 83.3 Å². The first-order valence-electron chi connectivity index (χ1n) is 17.0. The fourth-order valence-electron chi connectivity index (χ4n) is 6.13. The maximum atomic E-state index is 13.9. The Hall–Kier alpha value is -4.43. The maximum absolute atomic E-state index is 13.9. The summed E-state index contributed by atoms with van der Waals surface area (Å²) in [7, 11) is 3.13. The van der Waals surface area contributed by atoms with Gasteiger partial charge >= 0.3 is 12.4 Å². The zero-order valence-electron chi connectivity index (χ0n) is 29.5. The van der Waals surface area contributed by atoms with Crippen LogP contribution in [0.5, 0.6) is 0 Å². The molecule has 0 radical (unpaired) electrons. The molecule has 0 N–H and O–H groups in total. The Morgan fingerprint density at radius 3 is 1.84 bits per heavy atom. The Balaban J connectivity index is 1.50. The summed E-state index contributed by atoms with van der Waals surface area (Å²) >= 11 is 0. The predicted molar refractivity (Wildman–Crippen MR) is 181 cm³/mol. The average molecular weight is 717 g/mol. The molecule has 274 valence electrons. The van der Waals surface area contributed by atoms with Gasteiger partial charge in [0, 0.05) is 63.6 Å². The third kappa shape index (κ3) is 8.39. The van der Waals surface area contributed by atoms with Crippen LogP contribution in [-0.4, -0.2) is 62.7 Å². The molecular weight excluding hydrogens is 674 g/mol. The smallest absolute Gasteiger partial charge is 0.356 e. The fourth-order valence-corrected chi connectivity index (χ4v) is 6.13. The monoisotopic (exact) mass is 716 g/mol. The van der Waals surface area contributed by atoms with Gasteiger partial charge in [0.15, 0.2) is 5.65 Å². The van der Waals surface area contributed by atoms with Crippen molar-refractivity contribution in [2.45, 2.75) is 84.4 Å². The lowest BCUT2D eigenvalue weighted by atomic mass is 10.0. The van der Waals surface area contributed by atoms with Gasteiger partial charge in [0.1, 0.15) is 5.82 Å². The second kappa shape index (κ2) is 13.3. The molecule has 0 saturated heterocycles. The van der Waals surface area contributed by atoms with Gasteiger partial charge in [-0.3, -0.25) is 4.79 Å². The van der Waals surface area contributed by atoms with E-state index in [0.717, 1.165) is 62.0 Å². The van der Waals surface area contributed by atoms with Crippen molar-refractivity contribution in [1.82, 2.24) is 29.6 Å². The van der Waals surface area contributed by atoms with E-state index in [-0.39, 0.29) is 41.1 Å². The highest BCUT2D eigenvalue weighted by Gasteiger charge is 2.38. The highest BCUT2D eigenvalue weighted by Crippen LogP contribution is 2.40. The van der Waals surface area contributed by atoms with E-state index in [1.165, 1.54) is 22.2 Å². The first-order valence-corrected chi connectivity index (χ1v) is 17.0. The van der Waals surface area contributed by atoms with E-state index in [4.69, 9.17) is 10.1 Å². The van der Waals surface area contributed by atoms with E-state index < -0.39 is 30.0 Å². The summed E-state index contributed by atoms with van der Waals surface area (Å²) < 4.78 is 85.3. The van der Waals surface area contributed by atoms with Crippen molar-refractivity contribution in [2.24, 2.45) is 11.8 Å². The van der Waals surface area contributed by atoms with Gasteiger partial charge in [-0.15, -0.1) is 0 Å². The van der Waals surface area contributed by atoms with Gasteiger partial charge < -0.3 is 14.7 Å². The number of benzene rings is 1. The van der Waals surface area contributed by atoms with Crippen LogP contribution < -0.4 is 9.80 Å². The molecule has 2 saturated carbocycles. The number of pyridine rings is 1. The number of halogens is 6. The Bertz CT molecular complexity index is 1860. The Morgan fingerprint density at radius 1 is 0.824 bits per heavy atom. The number of nitrogens with zero attached hydrogens (tertiary/aromatic N) is 8. The first kappa shape index (κ1) is 36.4. The predicted octanol–water partition coefficient (Wildman–Crippen LogP) is 7.86. The van der Waals surface area contributed by atoms with Gasteiger partial charge in [0.05, 0.1) is 27.9 Å². The van der Waals surface area contributed by atoms with E-state index >= 15 is 0 Å². The minimum Gasteiger partial charge on any atom is -0.356 e. The lowest BCUT2D eigenvalue weighted by Crippen LogP contribution is -2.32.